The van der Waals surface area contributed by atoms with Gasteiger partial charge in [0.15, 0.2) is 0 Å². The number of nitro groups is 2. The molecule has 0 spiro atoms. The standard InChI is InChI=1S/C6H4N2O7S.Na.H/c9-7(10)4-1-5(8(11)12)3-6(2-4)16(13,14)15;;/h1-3H,(H,13,14,15);;. The van der Waals surface area contributed by atoms with Crippen molar-refractivity contribution in [2.24, 2.45) is 0 Å². The van der Waals surface area contributed by atoms with Gasteiger partial charge < -0.3 is 0 Å². The van der Waals surface area contributed by atoms with E-state index in [0.29, 0.717) is 18.2 Å². The van der Waals surface area contributed by atoms with E-state index < -0.39 is 36.2 Å². The Balaban J connectivity index is 0.00000256. The fourth-order valence-corrected chi connectivity index (χ4v) is 1.47. The quantitative estimate of drug-likeness (QED) is 0.356. The van der Waals surface area contributed by atoms with E-state index >= 15 is 0 Å². The summed E-state index contributed by atoms with van der Waals surface area (Å²) in [6.45, 7) is 0. The van der Waals surface area contributed by atoms with Gasteiger partial charge in [-0.05, 0) is 0 Å². The van der Waals surface area contributed by atoms with E-state index in [-0.39, 0.29) is 29.6 Å². The predicted molar refractivity (Wildman–Crippen MR) is 56.7 cm³/mol. The van der Waals surface area contributed by atoms with Crippen molar-refractivity contribution in [3.05, 3.63) is 38.4 Å². The summed E-state index contributed by atoms with van der Waals surface area (Å²) < 4.78 is 30.0. The molecule has 1 aromatic carbocycles. The Morgan fingerprint density at radius 3 is 1.59 bits per heavy atom. The second kappa shape index (κ2) is 5.51. The van der Waals surface area contributed by atoms with Crippen LogP contribution in [-0.2, 0) is 10.1 Å². The van der Waals surface area contributed by atoms with Crippen molar-refractivity contribution in [2.45, 2.75) is 4.90 Å². The van der Waals surface area contributed by atoms with E-state index in [4.69, 9.17) is 4.55 Å². The van der Waals surface area contributed by atoms with Crippen LogP contribution in [0.15, 0.2) is 23.1 Å². The molecule has 0 amide bonds. The molecule has 0 aromatic heterocycles. The molecule has 1 aromatic rings. The van der Waals surface area contributed by atoms with Gasteiger partial charge in [0, 0.05) is 12.1 Å². The van der Waals surface area contributed by atoms with Crippen LogP contribution >= 0.6 is 0 Å². The average molecular weight is 272 g/mol. The van der Waals surface area contributed by atoms with E-state index in [1.165, 1.54) is 0 Å². The van der Waals surface area contributed by atoms with E-state index in [0.717, 1.165) is 0 Å². The van der Waals surface area contributed by atoms with E-state index in [2.05, 4.69) is 0 Å². The Morgan fingerprint density at radius 1 is 1.00 bits per heavy atom. The molecule has 0 bridgehead atoms. The first-order valence-electron chi connectivity index (χ1n) is 3.63. The van der Waals surface area contributed by atoms with Gasteiger partial charge in [0.2, 0.25) is 0 Å². The van der Waals surface area contributed by atoms with Crippen molar-refractivity contribution < 1.29 is 22.8 Å². The van der Waals surface area contributed by atoms with Crippen molar-refractivity contribution in [1.82, 2.24) is 0 Å². The molecule has 0 aliphatic rings. The van der Waals surface area contributed by atoms with Gasteiger partial charge in [-0.3, -0.25) is 24.8 Å². The first kappa shape index (κ1) is 15.9. The molecule has 1 rings (SSSR count). The Hall–Kier alpha value is -1.07. The Bertz CT molecular complexity index is 537. The number of nitro benzene ring substituents is 2. The van der Waals surface area contributed by atoms with Gasteiger partial charge in [-0.15, -0.1) is 0 Å². The Kier molecular flexibility index (Phi) is 5.16. The van der Waals surface area contributed by atoms with Gasteiger partial charge >= 0.3 is 29.6 Å². The summed E-state index contributed by atoms with van der Waals surface area (Å²) in [5.74, 6) is 0. The molecule has 1 N–H and O–H groups in total. The molecule has 11 heteroatoms. The van der Waals surface area contributed by atoms with Gasteiger partial charge in [-0.1, -0.05) is 0 Å². The zero-order valence-electron chi connectivity index (χ0n) is 7.43. The SMILES string of the molecule is O=[N+]([O-])c1cc([N+](=O)[O-])cc(S(=O)(=O)O)c1.[NaH]. The monoisotopic (exact) mass is 272 g/mol. The van der Waals surface area contributed by atoms with Crippen molar-refractivity contribution >= 4 is 51.1 Å². The van der Waals surface area contributed by atoms with E-state index in [1.54, 1.807) is 0 Å². The van der Waals surface area contributed by atoms with Crippen LogP contribution in [0.1, 0.15) is 0 Å². The predicted octanol–water partition coefficient (Wildman–Crippen LogP) is 0.101. The van der Waals surface area contributed by atoms with Crippen LogP contribution in [0.4, 0.5) is 11.4 Å². The zero-order chi connectivity index (χ0) is 12.5. The van der Waals surface area contributed by atoms with Gasteiger partial charge in [-0.25, -0.2) is 0 Å². The van der Waals surface area contributed by atoms with E-state index in [1.807, 2.05) is 0 Å². The summed E-state index contributed by atoms with van der Waals surface area (Å²) in [5, 5.41) is 20.7. The molecule has 0 unspecified atom stereocenters. The normalized spacial score (nSPS) is 10.4. The molecule has 88 valence electrons. The molecule has 0 radical (unpaired) electrons. The molecule has 9 nitrogen and oxygen atoms in total. The summed E-state index contributed by atoms with van der Waals surface area (Å²) >= 11 is 0. The van der Waals surface area contributed by atoms with Crippen LogP contribution in [0.2, 0.25) is 0 Å². The molecule has 0 heterocycles. The fraction of sp³-hybridized carbons (Fsp3) is 0. The summed E-state index contributed by atoms with van der Waals surface area (Å²) in [7, 11) is -4.72. The van der Waals surface area contributed by atoms with Gasteiger partial charge in [0.1, 0.15) is 4.90 Å². The average Bonchev–Trinajstić information content (AvgIpc) is 2.15. The van der Waals surface area contributed by atoms with Crippen LogP contribution in [-0.4, -0.2) is 52.4 Å². The molecule has 0 atom stereocenters. The summed E-state index contributed by atoms with van der Waals surface area (Å²) in [5.41, 5.74) is -1.58. The van der Waals surface area contributed by atoms with Crippen molar-refractivity contribution in [2.75, 3.05) is 0 Å². The molecule has 0 fully saturated rings. The molecule has 0 aliphatic heterocycles. The van der Waals surface area contributed by atoms with Crippen LogP contribution in [0.25, 0.3) is 0 Å². The van der Waals surface area contributed by atoms with Crippen LogP contribution in [0, 0.1) is 20.2 Å². The first-order valence-corrected chi connectivity index (χ1v) is 5.07. The number of rotatable bonds is 3. The maximum atomic E-state index is 10.7. The molecule has 0 saturated heterocycles. The summed E-state index contributed by atoms with van der Waals surface area (Å²) in [6, 6.07) is 1.65. The van der Waals surface area contributed by atoms with Crippen molar-refractivity contribution in [1.29, 1.82) is 0 Å². The summed E-state index contributed by atoms with van der Waals surface area (Å²) in [6.07, 6.45) is 0. The van der Waals surface area contributed by atoms with Gasteiger partial charge in [0.05, 0.1) is 15.9 Å². The fourth-order valence-electron chi connectivity index (χ4n) is 0.928. The second-order valence-corrected chi connectivity index (χ2v) is 4.10. The van der Waals surface area contributed by atoms with Crippen molar-refractivity contribution in [3.8, 4) is 0 Å². The third kappa shape index (κ3) is 4.02. The first-order chi connectivity index (χ1) is 7.21. The van der Waals surface area contributed by atoms with Crippen LogP contribution < -0.4 is 0 Å². The Morgan fingerprint density at radius 2 is 1.35 bits per heavy atom. The van der Waals surface area contributed by atoms with Crippen LogP contribution in [0.3, 0.4) is 0 Å². The number of benzene rings is 1. The number of non-ortho nitro benzene ring substituents is 2. The van der Waals surface area contributed by atoms with Crippen LogP contribution in [0.5, 0.6) is 0 Å². The molecule has 0 saturated carbocycles. The topological polar surface area (TPSA) is 141 Å². The molecular weight excluding hydrogens is 267 g/mol. The summed E-state index contributed by atoms with van der Waals surface area (Å²) in [4.78, 5) is 17.8. The third-order valence-electron chi connectivity index (χ3n) is 1.60. The molecule has 17 heavy (non-hydrogen) atoms. The van der Waals surface area contributed by atoms with Crippen molar-refractivity contribution in [3.63, 3.8) is 0 Å². The maximum absolute atomic E-state index is 10.7. The van der Waals surface area contributed by atoms with E-state index in [9.17, 15) is 28.6 Å². The molecular formula is C6H5N2NaO7S. The number of hydrogen-bond acceptors (Lipinski definition) is 6. The third-order valence-corrected chi connectivity index (χ3v) is 2.43. The second-order valence-electron chi connectivity index (χ2n) is 2.67. The number of nitrogens with zero attached hydrogens (tertiary/aromatic N) is 2. The van der Waals surface area contributed by atoms with Gasteiger partial charge in [-0.2, -0.15) is 8.42 Å². The molecule has 0 aliphatic carbocycles. The minimum atomic E-state index is -4.72. The number of hydrogen-bond donors (Lipinski definition) is 1. The minimum absolute atomic E-state index is 0. The zero-order valence-corrected chi connectivity index (χ0v) is 8.25. The Labute approximate surface area is 117 Å². The van der Waals surface area contributed by atoms with Gasteiger partial charge in [0.25, 0.3) is 21.5 Å².